The molecule has 6 nitrogen and oxygen atoms in total. The molecule has 2 aromatic rings. The van der Waals surface area contributed by atoms with Crippen LogP contribution in [0.2, 0.25) is 0 Å². The van der Waals surface area contributed by atoms with E-state index in [0.29, 0.717) is 17.2 Å². The zero-order valence-corrected chi connectivity index (χ0v) is 14.2. The summed E-state index contributed by atoms with van der Waals surface area (Å²) in [7, 11) is 0. The summed E-state index contributed by atoms with van der Waals surface area (Å²) in [6.07, 6.45) is 2.08. The number of aromatic nitrogens is 2. The van der Waals surface area contributed by atoms with Crippen molar-refractivity contribution in [3.05, 3.63) is 42.5 Å². The number of hydrogen-bond acceptors (Lipinski definition) is 5. The fourth-order valence-corrected chi connectivity index (χ4v) is 2.40. The molecule has 3 rings (SSSR count). The summed E-state index contributed by atoms with van der Waals surface area (Å²) >= 11 is 0. The van der Waals surface area contributed by atoms with E-state index in [-0.39, 0.29) is 11.3 Å². The van der Waals surface area contributed by atoms with Crippen LogP contribution in [0.3, 0.4) is 0 Å². The standard InChI is InChI=1S/C18H21N3O3/c1-11-15(24-14-8-6-5-7-13(14)23-11)16(22)21-12-9-19-17(20-10-12)18(2,3)4/h5-11,15H,1-4H3,(H,21,22)/t11-,15-/m1/s1. The van der Waals surface area contributed by atoms with Crippen LogP contribution in [0.4, 0.5) is 5.69 Å². The van der Waals surface area contributed by atoms with E-state index in [0.717, 1.165) is 5.82 Å². The van der Waals surface area contributed by atoms with Crippen LogP contribution < -0.4 is 14.8 Å². The Morgan fingerprint density at radius 3 is 2.25 bits per heavy atom. The lowest BCUT2D eigenvalue weighted by molar-refractivity contribution is -0.128. The van der Waals surface area contributed by atoms with Gasteiger partial charge >= 0.3 is 0 Å². The van der Waals surface area contributed by atoms with Crippen LogP contribution in [-0.4, -0.2) is 28.1 Å². The molecule has 2 heterocycles. The van der Waals surface area contributed by atoms with E-state index in [9.17, 15) is 4.79 Å². The summed E-state index contributed by atoms with van der Waals surface area (Å²) in [6, 6.07) is 7.30. The second-order valence-corrected chi connectivity index (χ2v) is 6.84. The number of fused-ring (bicyclic) bond motifs is 1. The smallest absolute Gasteiger partial charge is 0.269 e. The highest BCUT2D eigenvalue weighted by Crippen LogP contribution is 2.33. The first kappa shape index (κ1) is 16.2. The van der Waals surface area contributed by atoms with Crippen LogP contribution in [0.1, 0.15) is 33.5 Å². The summed E-state index contributed by atoms with van der Waals surface area (Å²) in [5.74, 6) is 1.64. The van der Waals surface area contributed by atoms with Gasteiger partial charge in [0, 0.05) is 5.41 Å². The molecule has 6 heteroatoms. The number of rotatable bonds is 2. The van der Waals surface area contributed by atoms with Gasteiger partial charge in [-0.1, -0.05) is 32.9 Å². The van der Waals surface area contributed by atoms with E-state index in [1.54, 1.807) is 25.4 Å². The van der Waals surface area contributed by atoms with E-state index in [1.165, 1.54) is 0 Å². The number of nitrogens with one attached hydrogen (secondary N) is 1. The van der Waals surface area contributed by atoms with Crippen molar-refractivity contribution in [3.63, 3.8) is 0 Å². The molecule has 2 atom stereocenters. The first-order valence-corrected chi connectivity index (χ1v) is 7.90. The quantitative estimate of drug-likeness (QED) is 0.918. The number of carbonyl (C=O) groups is 1. The molecule has 0 aliphatic carbocycles. The molecule has 0 saturated heterocycles. The van der Waals surface area contributed by atoms with Crippen molar-refractivity contribution in [2.45, 2.75) is 45.3 Å². The zero-order chi connectivity index (χ0) is 17.3. The highest BCUT2D eigenvalue weighted by Gasteiger charge is 2.34. The Kier molecular flexibility index (Phi) is 4.13. The molecule has 0 bridgehead atoms. The number of ether oxygens (including phenoxy) is 2. The SMILES string of the molecule is C[C@H]1Oc2ccccc2O[C@H]1C(=O)Nc1cnc(C(C)(C)C)nc1. The molecular weight excluding hydrogens is 306 g/mol. The van der Waals surface area contributed by atoms with Gasteiger partial charge in [0.15, 0.2) is 11.5 Å². The zero-order valence-electron chi connectivity index (χ0n) is 14.2. The molecular formula is C18H21N3O3. The second kappa shape index (κ2) is 6.11. The van der Waals surface area contributed by atoms with Gasteiger partial charge in [0.2, 0.25) is 6.10 Å². The van der Waals surface area contributed by atoms with Crippen molar-refractivity contribution in [2.75, 3.05) is 5.32 Å². The molecule has 0 unspecified atom stereocenters. The largest absolute Gasteiger partial charge is 0.482 e. The van der Waals surface area contributed by atoms with Crippen molar-refractivity contribution in [3.8, 4) is 11.5 Å². The number of benzene rings is 1. The Bertz CT molecular complexity index is 738. The number of nitrogens with zero attached hydrogens (tertiary/aromatic N) is 2. The van der Waals surface area contributed by atoms with Crippen molar-refractivity contribution < 1.29 is 14.3 Å². The first-order chi connectivity index (χ1) is 11.3. The summed E-state index contributed by atoms with van der Waals surface area (Å²) < 4.78 is 11.5. The molecule has 1 amide bonds. The molecule has 126 valence electrons. The highest BCUT2D eigenvalue weighted by molar-refractivity contribution is 5.94. The minimum Gasteiger partial charge on any atom is -0.482 e. The molecule has 1 aromatic carbocycles. The lowest BCUT2D eigenvalue weighted by Gasteiger charge is -2.30. The maximum Gasteiger partial charge on any atom is 0.269 e. The van der Waals surface area contributed by atoms with Gasteiger partial charge < -0.3 is 14.8 Å². The van der Waals surface area contributed by atoms with Crippen LogP contribution in [0.5, 0.6) is 11.5 Å². The maximum atomic E-state index is 12.5. The van der Waals surface area contributed by atoms with Gasteiger partial charge in [-0.2, -0.15) is 0 Å². The van der Waals surface area contributed by atoms with Gasteiger partial charge in [-0.05, 0) is 19.1 Å². The number of carbonyl (C=O) groups excluding carboxylic acids is 1. The topological polar surface area (TPSA) is 73.3 Å². The third-order valence-corrected chi connectivity index (χ3v) is 3.69. The number of anilines is 1. The van der Waals surface area contributed by atoms with Crippen molar-refractivity contribution >= 4 is 11.6 Å². The van der Waals surface area contributed by atoms with Crippen molar-refractivity contribution in [1.29, 1.82) is 0 Å². The third kappa shape index (κ3) is 3.32. The van der Waals surface area contributed by atoms with Gasteiger partial charge in [-0.3, -0.25) is 4.79 Å². The van der Waals surface area contributed by atoms with E-state index < -0.39 is 12.2 Å². The van der Waals surface area contributed by atoms with Crippen LogP contribution >= 0.6 is 0 Å². The molecule has 0 radical (unpaired) electrons. The van der Waals surface area contributed by atoms with Crippen molar-refractivity contribution in [2.24, 2.45) is 0 Å². The predicted octanol–water partition coefficient (Wildman–Crippen LogP) is 2.94. The fourth-order valence-electron chi connectivity index (χ4n) is 2.40. The van der Waals surface area contributed by atoms with Crippen LogP contribution in [-0.2, 0) is 10.2 Å². The Morgan fingerprint density at radius 2 is 1.67 bits per heavy atom. The molecule has 1 N–H and O–H groups in total. The Labute approximate surface area is 141 Å². The Hall–Kier alpha value is -2.63. The molecule has 24 heavy (non-hydrogen) atoms. The van der Waals surface area contributed by atoms with Crippen LogP contribution in [0.15, 0.2) is 36.7 Å². The molecule has 1 aliphatic rings. The molecule has 1 aromatic heterocycles. The van der Waals surface area contributed by atoms with Gasteiger partial charge in [-0.25, -0.2) is 9.97 Å². The maximum absolute atomic E-state index is 12.5. The number of hydrogen-bond donors (Lipinski definition) is 1. The minimum atomic E-state index is -0.734. The van der Waals surface area contributed by atoms with E-state index in [4.69, 9.17) is 9.47 Å². The van der Waals surface area contributed by atoms with Gasteiger partial charge in [-0.15, -0.1) is 0 Å². The summed E-state index contributed by atoms with van der Waals surface area (Å²) in [5, 5.41) is 2.78. The average molecular weight is 327 g/mol. The predicted molar refractivity (Wildman–Crippen MR) is 90.3 cm³/mol. The summed E-state index contributed by atoms with van der Waals surface area (Å²) in [5.41, 5.74) is 0.392. The first-order valence-electron chi connectivity index (χ1n) is 7.90. The second-order valence-electron chi connectivity index (χ2n) is 6.84. The van der Waals surface area contributed by atoms with E-state index >= 15 is 0 Å². The Morgan fingerprint density at radius 1 is 1.08 bits per heavy atom. The molecule has 0 spiro atoms. The fraction of sp³-hybridized carbons (Fsp3) is 0.389. The summed E-state index contributed by atoms with van der Waals surface area (Å²) in [6.45, 7) is 7.91. The van der Waals surface area contributed by atoms with E-state index in [1.807, 2.05) is 39.0 Å². The molecule has 0 fully saturated rings. The van der Waals surface area contributed by atoms with Gasteiger partial charge in [0.1, 0.15) is 11.9 Å². The van der Waals surface area contributed by atoms with Crippen LogP contribution in [0.25, 0.3) is 0 Å². The monoisotopic (exact) mass is 327 g/mol. The van der Waals surface area contributed by atoms with Crippen molar-refractivity contribution in [1.82, 2.24) is 9.97 Å². The summed E-state index contributed by atoms with van der Waals surface area (Å²) in [4.78, 5) is 21.1. The lowest BCUT2D eigenvalue weighted by Crippen LogP contribution is -2.46. The van der Waals surface area contributed by atoms with E-state index in [2.05, 4.69) is 15.3 Å². The minimum absolute atomic E-state index is 0.138. The van der Waals surface area contributed by atoms with Gasteiger partial charge in [0.25, 0.3) is 5.91 Å². The Balaban J connectivity index is 1.71. The lowest BCUT2D eigenvalue weighted by atomic mass is 9.96. The highest BCUT2D eigenvalue weighted by atomic mass is 16.6. The van der Waals surface area contributed by atoms with Gasteiger partial charge in [0.05, 0.1) is 18.1 Å². The average Bonchev–Trinajstić information content (AvgIpc) is 2.53. The number of para-hydroxylation sites is 2. The van der Waals surface area contributed by atoms with Crippen LogP contribution in [0, 0.1) is 0 Å². The number of amides is 1. The molecule has 0 saturated carbocycles. The normalized spacial score (nSPS) is 19.7. The molecule has 1 aliphatic heterocycles. The third-order valence-electron chi connectivity index (χ3n) is 3.69.